The SMILES string of the molecule is CCC(=O)C(Br)OC(=O)c1cc(C(=O)OC(Br)C(=O)CC)[nH]n1.O. The first-order valence-corrected chi connectivity index (χ1v) is 8.44. The van der Waals surface area contributed by atoms with E-state index in [9.17, 15) is 19.2 Å². The van der Waals surface area contributed by atoms with Crippen LogP contribution in [0, 0.1) is 0 Å². The van der Waals surface area contributed by atoms with Crippen LogP contribution in [0.1, 0.15) is 47.7 Å². The fourth-order valence-corrected chi connectivity index (χ4v) is 2.28. The number of rotatable bonds is 8. The van der Waals surface area contributed by atoms with Gasteiger partial charge in [-0.25, -0.2) is 9.59 Å². The number of H-pyrrole nitrogens is 1. The predicted molar refractivity (Wildman–Crippen MR) is 89.1 cm³/mol. The van der Waals surface area contributed by atoms with Crippen LogP contribution in [0.25, 0.3) is 0 Å². The van der Waals surface area contributed by atoms with Gasteiger partial charge in [0.15, 0.2) is 17.3 Å². The molecule has 2 unspecified atom stereocenters. The molecule has 9 nitrogen and oxygen atoms in total. The number of nitrogens with zero attached hydrogens (tertiary/aromatic N) is 1. The third-order valence-electron chi connectivity index (χ3n) is 2.63. The fourth-order valence-electron chi connectivity index (χ4n) is 1.30. The molecule has 0 radical (unpaired) electrons. The lowest BCUT2D eigenvalue weighted by Crippen LogP contribution is -2.21. The lowest BCUT2D eigenvalue weighted by Gasteiger charge is -2.08. The van der Waals surface area contributed by atoms with Crippen molar-refractivity contribution in [3.63, 3.8) is 0 Å². The second kappa shape index (κ2) is 10.3. The molecule has 11 heteroatoms. The number of aromatic amines is 1. The summed E-state index contributed by atoms with van der Waals surface area (Å²) in [7, 11) is 0. The Hall–Kier alpha value is -1.59. The van der Waals surface area contributed by atoms with E-state index in [1.54, 1.807) is 13.8 Å². The van der Waals surface area contributed by atoms with Gasteiger partial charge >= 0.3 is 11.9 Å². The molecule has 3 N–H and O–H groups in total. The summed E-state index contributed by atoms with van der Waals surface area (Å²) in [6.07, 6.45) is 0.390. The number of esters is 2. The molecule has 0 spiro atoms. The van der Waals surface area contributed by atoms with E-state index in [0.29, 0.717) is 0 Å². The molecule has 24 heavy (non-hydrogen) atoms. The summed E-state index contributed by atoms with van der Waals surface area (Å²) in [4.78, 5) is 46.3. The van der Waals surface area contributed by atoms with Crippen LogP contribution >= 0.6 is 31.9 Å². The second-order valence-corrected chi connectivity index (χ2v) is 5.91. The van der Waals surface area contributed by atoms with Crippen molar-refractivity contribution in [3.05, 3.63) is 17.5 Å². The molecule has 1 aromatic rings. The third kappa shape index (κ3) is 6.13. The Balaban J connectivity index is 0.00000529. The molecule has 0 bridgehead atoms. The number of hydrogen-bond donors (Lipinski definition) is 1. The maximum Gasteiger partial charge on any atom is 0.360 e. The molecule has 0 saturated heterocycles. The molecular formula is C13H16Br2N2O7. The molecule has 1 aromatic heterocycles. The van der Waals surface area contributed by atoms with E-state index in [4.69, 9.17) is 9.47 Å². The number of aromatic nitrogens is 2. The number of ether oxygens (including phenoxy) is 2. The summed E-state index contributed by atoms with van der Waals surface area (Å²) < 4.78 is 9.71. The summed E-state index contributed by atoms with van der Waals surface area (Å²) in [6.45, 7) is 3.25. The Bertz CT molecular complexity index is 567. The minimum atomic E-state index is -1.08. The lowest BCUT2D eigenvalue weighted by molar-refractivity contribution is -0.123. The molecule has 0 aliphatic heterocycles. The van der Waals surface area contributed by atoms with E-state index >= 15 is 0 Å². The van der Waals surface area contributed by atoms with Crippen LogP contribution < -0.4 is 0 Å². The van der Waals surface area contributed by atoms with Gasteiger partial charge in [0.2, 0.25) is 10.0 Å². The van der Waals surface area contributed by atoms with Crippen LogP contribution in [0.4, 0.5) is 0 Å². The van der Waals surface area contributed by atoms with Gasteiger partial charge in [-0.15, -0.1) is 0 Å². The Labute approximate surface area is 154 Å². The first kappa shape index (κ1) is 22.4. The number of Topliss-reactive ketones (excluding diaryl/α,β-unsaturated/α-hetero) is 2. The van der Waals surface area contributed by atoms with E-state index in [2.05, 4.69) is 42.1 Å². The highest BCUT2D eigenvalue weighted by Gasteiger charge is 2.24. The van der Waals surface area contributed by atoms with Crippen LogP contribution in [0.5, 0.6) is 0 Å². The number of hydrogen-bond acceptors (Lipinski definition) is 7. The number of halogens is 2. The molecule has 0 saturated carbocycles. The van der Waals surface area contributed by atoms with E-state index in [1.807, 2.05) is 0 Å². The third-order valence-corrected chi connectivity index (χ3v) is 4.03. The van der Waals surface area contributed by atoms with E-state index in [1.165, 1.54) is 0 Å². The molecule has 1 rings (SSSR count). The number of carbonyl (C=O) groups excluding carboxylic acids is 4. The van der Waals surface area contributed by atoms with Gasteiger partial charge in [-0.05, 0) is 31.9 Å². The molecule has 1 heterocycles. The molecule has 134 valence electrons. The smallest absolute Gasteiger partial charge is 0.360 e. The van der Waals surface area contributed by atoms with Crippen LogP contribution in [0.2, 0.25) is 0 Å². The van der Waals surface area contributed by atoms with Crippen molar-refractivity contribution >= 4 is 55.4 Å². The molecule has 0 fully saturated rings. The highest BCUT2D eigenvalue weighted by Crippen LogP contribution is 2.13. The molecule has 0 aliphatic rings. The van der Waals surface area contributed by atoms with E-state index < -0.39 is 22.0 Å². The molecule has 0 aromatic carbocycles. The zero-order valence-corrected chi connectivity index (χ0v) is 16.0. The van der Waals surface area contributed by atoms with Gasteiger partial charge < -0.3 is 14.9 Å². The van der Waals surface area contributed by atoms with Crippen molar-refractivity contribution in [1.29, 1.82) is 0 Å². The normalized spacial score (nSPS) is 12.5. The van der Waals surface area contributed by atoms with E-state index in [-0.39, 0.29) is 41.3 Å². The van der Waals surface area contributed by atoms with Crippen molar-refractivity contribution in [2.24, 2.45) is 0 Å². The summed E-state index contributed by atoms with van der Waals surface area (Å²) in [5.74, 6) is -2.37. The van der Waals surface area contributed by atoms with Gasteiger partial charge in [0.1, 0.15) is 5.69 Å². The fraction of sp³-hybridized carbons (Fsp3) is 0.462. The molecule has 0 amide bonds. The van der Waals surface area contributed by atoms with E-state index in [0.717, 1.165) is 6.07 Å². The number of nitrogens with one attached hydrogen (secondary N) is 1. The van der Waals surface area contributed by atoms with Crippen molar-refractivity contribution in [2.75, 3.05) is 0 Å². The standard InChI is InChI=1S/C13H14Br2N2O6.H2O/c1-3-8(18)10(14)22-12(20)6-5-7(17-16-6)13(21)23-11(15)9(19)4-2;/h5,10-11H,3-4H2,1-2H3,(H,16,17);1H2. The first-order chi connectivity index (χ1) is 10.8. The summed E-state index contributed by atoms with van der Waals surface area (Å²) >= 11 is 5.86. The van der Waals surface area contributed by atoms with Crippen molar-refractivity contribution < 1.29 is 34.1 Å². The minimum absolute atomic E-state index is 0. The maximum absolute atomic E-state index is 11.8. The van der Waals surface area contributed by atoms with Crippen molar-refractivity contribution in [2.45, 2.75) is 36.7 Å². The molecular weight excluding hydrogens is 456 g/mol. The zero-order valence-electron chi connectivity index (χ0n) is 12.8. The summed E-state index contributed by atoms with van der Waals surface area (Å²) in [5, 5.41) is 3.76. The predicted octanol–water partition coefficient (Wildman–Crippen LogP) is 1.30. The molecule has 2 atom stereocenters. The van der Waals surface area contributed by atoms with Crippen LogP contribution in [0.3, 0.4) is 0 Å². The summed E-state index contributed by atoms with van der Waals surface area (Å²) in [6, 6.07) is 1.11. The van der Waals surface area contributed by atoms with Gasteiger partial charge in [0.25, 0.3) is 0 Å². The second-order valence-electron chi connectivity index (χ2n) is 4.25. The van der Waals surface area contributed by atoms with Crippen molar-refractivity contribution in [3.8, 4) is 0 Å². The largest absolute Gasteiger partial charge is 0.438 e. The topological polar surface area (TPSA) is 147 Å². The quantitative estimate of drug-likeness (QED) is 0.443. The first-order valence-electron chi connectivity index (χ1n) is 6.61. The van der Waals surface area contributed by atoms with Gasteiger partial charge in [0.05, 0.1) is 0 Å². The van der Waals surface area contributed by atoms with Gasteiger partial charge in [0, 0.05) is 18.9 Å². The minimum Gasteiger partial charge on any atom is -0.438 e. The molecule has 0 aliphatic carbocycles. The Morgan fingerprint density at radius 2 is 1.50 bits per heavy atom. The van der Waals surface area contributed by atoms with Gasteiger partial charge in [-0.3, -0.25) is 14.7 Å². The van der Waals surface area contributed by atoms with Gasteiger partial charge in [-0.1, -0.05) is 13.8 Å². The monoisotopic (exact) mass is 470 g/mol. The average Bonchev–Trinajstić information content (AvgIpc) is 3.03. The van der Waals surface area contributed by atoms with Crippen LogP contribution in [-0.4, -0.2) is 49.2 Å². The maximum atomic E-state index is 11.8. The van der Waals surface area contributed by atoms with Crippen LogP contribution in [0.15, 0.2) is 6.07 Å². The van der Waals surface area contributed by atoms with Gasteiger partial charge in [-0.2, -0.15) is 5.10 Å². The lowest BCUT2D eigenvalue weighted by atomic mass is 10.3. The highest BCUT2D eigenvalue weighted by molar-refractivity contribution is 9.10. The Kier molecular flexibility index (Phi) is 9.63. The Morgan fingerprint density at radius 1 is 1.04 bits per heavy atom. The Morgan fingerprint density at radius 3 is 1.96 bits per heavy atom. The number of alkyl halides is 2. The average molecular weight is 472 g/mol. The number of carbonyl (C=O) groups is 4. The summed E-state index contributed by atoms with van der Waals surface area (Å²) in [5.41, 5.74) is -0.323. The number of ketones is 2. The van der Waals surface area contributed by atoms with Crippen LogP contribution in [-0.2, 0) is 19.1 Å². The zero-order chi connectivity index (χ0) is 17.6. The highest BCUT2D eigenvalue weighted by atomic mass is 79.9. The van der Waals surface area contributed by atoms with Crippen molar-refractivity contribution in [1.82, 2.24) is 10.2 Å².